The molecular formula is C14H20FNO2. The van der Waals surface area contributed by atoms with Crippen LogP contribution in [0.1, 0.15) is 30.4 Å². The van der Waals surface area contributed by atoms with E-state index in [0.29, 0.717) is 17.7 Å². The largest absolute Gasteiger partial charge is 0.376 e. The highest BCUT2D eigenvalue weighted by Gasteiger charge is 2.14. The first-order valence-corrected chi connectivity index (χ1v) is 6.47. The lowest BCUT2D eigenvalue weighted by atomic mass is 10.1. The highest BCUT2D eigenvalue weighted by Crippen LogP contribution is 2.16. The van der Waals surface area contributed by atoms with Crippen molar-refractivity contribution in [3.05, 3.63) is 35.1 Å². The Balaban J connectivity index is 1.82. The maximum atomic E-state index is 13.8. The second kappa shape index (κ2) is 6.83. The van der Waals surface area contributed by atoms with Gasteiger partial charge >= 0.3 is 0 Å². The fourth-order valence-electron chi connectivity index (χ4n) is 2.14. The highest BCUT2D eigenvalue weighted by molar-refractivity contribution is 5.25. The Morgan fingerprint density at radius 3 is 2.89 bits per heavy atom. The molecule has 0 aromatic heterocycles. The van der Waals surface area contributed by atoms with Crippen LogP contribution in [0.25, 0.3) is 0 Å². The van der Waals surface area contributed by atoms with Gasteiger partial charge in [-0.2, -0.15) is 0 Å². The third kappa shape index (κ3) is 3.51. The minimum absolute atomic E-state index is 0.166. The molecule has 0 saturated carbocycles. The number of ether oxygens (including phenoxy) is 2. The number of hydrogen-bond acceptors (Lipinski definition) is 3. The Labute approximate surface area is 107 Å². The number of hydrogen-bond donors (Lipinski definition) is 1. The van der Waals surface area contributed by atoms with Crippen molar-refractivity contribution in [1.29, 1.82) is 0 Å². The Hall–Kier alpha value is -0.970. The molecule has 0 bridgehead atoms. The molecule has 1 saturated heterocycles. The number of benzene rings is 1. The van der Waals surface area contributed by atoms with Crippen LogP contribution in [-0.4, -0.2) is 19.3 Å². The predicted octanol–water partition coefficient (Wildman–Crippen LogP) is 2.37. The standard InChI is InChI=1S/C14H20FNO2/c15-14-11(8-16)4-3-5-12(14)9-17-10-13-6-1-2-7-18-13/h3-5,13H,1-2,6-10,16H2. The fraction of sp³-hybridized carbons (Fsp3) is 0.571. The van der Waals surface area contributed by atoms with Crippen molar-refractivity contribution in [1.82, 2.24) is 0 Å². The number of halogens is 1. The first-order chi connectivity index (χ1) is 8.81. The quantitative estimate of drug-likeness (QED) is 0.876. The molecule has 0 aliphatic carbocycles. The van der Waals surface area contributed by atoms with Crippen LogP contribution in [0.5, 0.6) is 0 Å². The van der Waals surface area contributed by atoms with E-state index < -0.39 is 0 Å². The van der Waals surface area contributed by atoms with Crippen LogP contribution in [0.15, 0.2) is 18.2 Å². The van der Waals surface area contributed by atoms with Gasteiger partial charge in [-0.1, -0.05) is 18.2 Å². The summed E-state index contributed by atoms with van der Waals surface area (Å²) in [5.74, 6) is -0.246. The zero-order valence-corrected chi connectivity index (χ0v) is 10.5. The Bertz CT molecular complexity index is 378. The first-order valence-electron chi connectivity index (χ1n) is 6.47. The highest BCUT2D eigenvalue weighted by atomic mass is 19.1. The monoisotopic (exact) mass is 253 g/mol. The molecule has 18 heavy (non-hydrogen) atoms. The van der Waals surface area contributed by atoms with Gasteiger partial charge in [0.05, 0.1) is 19.3 Å². The van der Waals surface area contributed by atoms with Gasteiger partial charge in [-0.05, 0) is 19.3 Å². The molecule has 1 aromatic carbocycles. The van der Waals surface area contributed by atoms with Gasteiger partial charge in [-0.25, -0.2) is 4.39 Å². The Morgan fingerprint density at radius 1 is 1.33 bits per heavy atom. The van der Waals surface area contributed by atoms with Gasteiger partial charge in [-0.3, -0.25) is 0 Å². The van der Waals surface area contributed by atoms with Crippen LogP contribution in [-0.2, 0) is 22.6 Å². The van der Waals surface area contributed by atoms with Gasteiger partial charge in [0, 0.05) is 24.3 Å². The molecule has 100 valence electrons. The van der Waals surface area contributed by atoms with Crippen LogP contribution in [0.3, 0.4) is 0 Å². The summed E-state index contributed by atoms with van der Waals surface area (Å²) in [6, 6.07) is 5.24. The van der Waals surface area contributed by atoms with Crippen LogP contribution in [0, 0.1) is 5.82 Å². The van der Waals surface area contributed by atoms with Gasteiger partial charge in [-0.15, -0.1) is 0 Å². The zero-order valence-electron chi connectivity index (χ0n) is 10.5. The lowest BCUT2D eigenvalue weighted by Gasteiger charge is -2.22. The number of rotatable bonds is 5. The van der Waals surface area contributed by atoms with E-state index in [2.05, 4.69) is 0 Å². The minimum Gasteiger partial charge on any atom is -0.376 e. The predicted molar refractivity (Wildman–Crippen MR) is 67.5 cm³/mol. The van der Waals surface area contributed by atoms with E-state index in [1.165, 1.54) is 6.42 Å². The summed E-state index contributed by atoms with van der Waals surface area (Å²) in [5.41, 5.74) is 6.56. The van der Waals surface area contributed by atoms with Gasteiger partial charge in [0.2, 0.25) is 0 Å². The van der Waals surface area contributed by atoms with Crippen LogP contribution in [0.4, 0.5) is 4.39 Å². The molecule has 1 aliphatic rings. The van der Waals surface area contributed by atoms with E-state index in [-0.39, 0.29) is 25.1 Å². The molecule has 1 aliphatic heterocycles. The van der Waals surface area contributed by atoms with E-state index in [0.717, 1.165) is 19.4 Å². The summed E-state index contributed by atoms with van der Waals surface area (Å²) in [6.07, 6.45) is 3.51. The average Bonchev–Trinajstić information content (AvgIpc) is 2.42. The van der Waals surface area contributed by atoms with Crippen LogP contribution in [0.2, 0.25) is 0 Å². The second-order valence-electron chi connectivity index (χ2n) is 4.60. The van der Waals surface area contributed by atoms with Gasteiger partial charge < -0.3 is 15.2 Å². The summed E-state index contributed by atoms with van der Waals surface area (Å²) in [7, 11) is 0. The second-order valence-corrected chi connectivity index (χ2v) is 4.60. The molecule has 1 unspecified atom stereocenters. The van der Waals surface area contributed by atoms with E-state index in [9.17, 15) is 4.39 Å². The lowest BCUT2D eigenvalue weighted by molar-refractivity contribution is -0.0451. The molecule has 2 N–H and O–H groups in total. The maximum absolute atomic E-state index is 13.8. The Morgan fingerprint density at radius 2 is 2.17 bits per heavy atom. The summed E-state index contributed by atoms with van der Waals surface area (Å²) < 4.78 is 24.9. The van der Waals surface area contributed by atoms with E-state index in [4.69, 9.17) is 15.2 Å². The van der Waals surface area contributed by atoms with Crippen molar-refractivity contribution in [2.75, 3.05) is 13.2 Å². The minimum atomic E-state index is -0.246. The molecule has 1 atom stereocenters. The van der Waals surface area contributed by atoms with Crippen LogP contribution < -0.4 is 5.73 Å². The van der Waals surface area contributed by atoms with E-state index >= 15 is 0 Å². The molecule has 4 heteroatoms. The molecular weight excluding hydrogens is 233 g/mol. The van der Waals surface area contributed by atoms with E-state index in [1.807, 2.05) is 0 Å². The first kappa shape index (κ1) is 13.5. The van der Waals surface area contributed by atoms with Gasteiger partial charge in [0.25, 0.3) is 0 Å². The zero-order chi connectivity index (χ0) is 12.8. The van der Waals surface area contributed by atoms with Crippen molar-refractivity contribution in [2.24, 2.45) is 5.73 Å². The average molecular weight is 253 g/mol. The summed E-state index contributed by atoms with van der Waals surface area (Å²) in [5, 5.41) is 0. The number of nitrogens with two attached hydrogens (primary N) is 1. The molecule has 0 amide bonds. The summed E-state index contributed by atoms with van der Waals surface area (Å²) >= 11 is 0. The van der Waals surface area contributed by atoms with Gasteiger partial charge in [0.15, 0.2) is 0 Å². The Kier molecular flexibility index (Phi) is 5.11. The van der Waals surface area contributed by atoms with Gasteiger partial charge in [0.1, 0.15) is 5.82 Å². The van der Waals surface area contributed by atoms with Crippen molar-refractivity contribution in [2.45, 2.75) is 38.5 Å². The van der Waals surface area contributed by atoms with Crippen LogP contribution >= 0.6 is 0 Å². The molecule has 0 spiro atoms. The molecule has 0 radical (unpaired) electrons. The topological polar surface area (TPSA) is 44.5 Å². The van der Waals surface area contributed by atoms with Crippen molar-refractivity contribution in [3.63, 3.8) is 0 Å². The smallest absolute Gasteiger partial charge is 0.133 e. The third-order valence-electron chi connectivity index (χ3n) is 3.21. The summed E-state index contributed by atoms with van der Waals surface area (Å²) in [4.78, 5) is 0. The normalized spacial score (nSPS) is 20.0. The van der Waals surface area contributed by atoms with E-state index in [1.54, 1.807) is 18.2 Å². The van der Waals surface area contributed by atoms with Crippen molar-refractivity contribution >= 4 is 0 Å². The fourth-order valence-corrected chi connectivity index (χ4v) is 2.14. The molecule has 1 heterocycles. The molecule has 2 rings (SSSR count). The SMILES string of the molecule is NCc1cccc(COCC2CCCCO2)c1F. The third-order valence-corrected chi connectivity index (χ3v) is 3.21. The maximum Gasteiger partial charge on any atom is 0.133 e. The molecule has 1 aromatic rings. The molecule has 3 nitrogen and oxygen atoms in total. The van der Waals surface area contributed by atoms with Crippen molar-refractivity contribution in [3.8, 4) is 0 Å². The molecule has 1 fully saturated rings. The summed E-state index contributed by atoms with van der Waals surface area (Å²) in [6.45, 7) is 1.84. The lowest BCUT2D eigenvalue weighted by Crippen LogP contribution is -2.24. The van der Waals surface area contributed by atoms with Crippen molar-refractivity contribution < 1.29 is 13.9 Å².